The average Bonchev–Trinajstić information content (AvgIpc) is 2.85. The number of hydrogen-bond donors (Lipinski definition) is 0. The maximum atomic E-state index is 12.0. The molecule has 0 aliphatic heterocycles. The summed E-state index contributed by atoms with van der Waals surface area (Å²) in [6.07, 6.45) is 1.86. The Bertz CT molecular complexity index is 560. The number of Topliss-reactive ketones (excluding diaryl/α,β-unsaturated/α-hetero) is 1. The van der Waals surface area contributed by atoms with E-state index in [0.29, 0.717) is 12.0 Å². The van der Waals surface area contributed by atoms with Crippen LogP contribution in [0.1, 0.15) is 47.6 Å². The van der Waals surface area contributed by atoms with Crippen LogP contribution in [0.4, 0.5) is 0 Å². The zero-order valence-electron chi connectivity index (χ0n) is 11.1. The van der Waals surface area contributed by atoms with Gasteiger partial charge in [-0.15, -0.1) is 11.3 Å². The molecule has 2 aromatic rings. The number of furan rings is 1. The molecule has 96 valence electrons. The number of nitrogens with zero attached hydrogens (tertiary/aromatic N) is 1. The monoisotopic (exact) mass is 263 g/mol. The third-order valence-electron chi connectivity index (χ3n) is 2.68. The SMILES string of the molecule is Cc1cc(C(=O)Cc2nc(C(C)(C)C)cs2)co1. The van der Waals surface area contributed by atoms with E-state index in [1.165, 1.54) is 6.26 Å². The standard InChI is InChI=1S/C14H17NO2S/c1-9-5-10(7-17-9)11(16)6-13-15-12(8-18-13)14(2,3)4/h5,7-8H,6H2,1-4H3. The molecule has 0 unspecified atom stereocenters. The highest BCUT2D eigenvalue weighted by molar-refractivity contribution is 7.09. The van der Waals surface area contributed by atoms with Gasteiger partial charge in [0, 0.05) is 10.8 Å². The van der Waals surface area contributed by atoms with Gasteiger partial charge in [-0.1, -0.05) is 20.8 Å². The van der Waals surface area contributed by atoms with Crippen LogP contribution in [-0.2, 0) is 11.8 Å². The van der Waals surface area contributed by atoms with E-state index in [-0.39, 0.29) is 11.2 Å². The molecule has 18 heavy (non-hydrogen) atoms. The van der Waals surface area contributed by atoms with Crippen molar-refractivity contribution in [2.75, 3.05) is 0 Å². The first-order valence-electron chi connectivity index (χ1n) is 5.89. The molecule has 0 saturated heterocycles. The van der Waals surface area contributed by atoms with Crippen molar-refractivity contribution in [1.82, 2.24) is 4.98 Å². The lowest BCUT2D eigenvalue weighted by atomic mass is 9.93. The van der Waals surface area contributed by atoms with Crippen LogP contribution in [-0.4, -0.2) is 10.8 Å². The van der Waals surface area contributed by atoms with Gasteiger partial charge in [0.15, 0.2) is 5.78 Å². The quantitative estimate of drug-likeness (QED) is 0.792. The maximum Gasteiger partial charge on any atom is 0.172 e. The summed E-state index contributed by atoms with van der Waals surface area (Å²) >= 11 is 1.54. The van der Waals surface area contributed by atoms with Crippen molar-refractivity contribution < 1.29 is 9.21 Å². The fraction of sp³-hybridized carbons (Fsp3) is 0.429. The molecule has 0 radical (unpaired) electrons. The highest BCUT2D eigenvalue weighted by Gasteiger charge is 2.19. The molecule has 0 atom stereocenters. The summed E-state index contributed by atoms with van der Waals surface area (Å²) in [4.78, 5) is 16.5. The smallest absolute Gasteiger partial charge is 0.172 e. The highest BCUT2D eigenvalue weighted by Crippen LogP contribution is 2.24. The van der Waals surface area contributed by atoms with Gasteiger partial charge in [0.05, 0.1) is 17.7 Å². The number of aryl methyl sites for hydroxylation is 1. The average molecular weight is 263 g/mol. The first-order chi connectivity index (χ1) is 8.36. The summed E-state index contributed by atoms with van der Waals surface area (Å²) < 4.78 is 5.14. The molecular weight excluding hydrogens is 246 g/mol. The van der Waals surface area contributed by atoms with Crippen molar-refractivity contribution in [3.63, 3.8) is 0 Å². The summed E-state index contributed by atoms with van der Waals surface area (Å²) in [5.41, 5.74) is 1.70. The minimum Gasteiger partial charge on any atom is -0.469 e. The van der Waals surface area contributed by atoms with Gasteiger partial charge >= 0.3 is 0 Å². The van der Waals surface area contributed by atoms with E-state index in [0.717, 1.165) is 16.5 Å². The molecule has 0 bridgehead atoms. The van der Waals surface area contributed by atoms with Crippen LogP contribution < -0.4 is 0 Å². The molecule has 3 nitrogen and oxygen atoms in total. The number of aromatic nitrogens is 1. The lowest BCUT2D eigenvalue weighted by Gasteiger charge is -2.14. The van der Waals surface area contributed by atoms with Gasteiger partial charge in [-0.3, -0.25) is 4.79 Å². The van der Waals surface area contributed by atoms with E-state index in [2.05, 4.69) is 25.8 Å². The lowest BCUT2D eigenvalue weighted by molar-refractivity contribution is 0.0992. The molecular formula is C14H17NO2S. The van der Waals surface area contributed by atoms with Crippen molar-refractivity contribution in [2.24, 2.45) is 0 Å². The summed E-state index contributed by atoms with van der Waals surface area (Å²) in [6, 6.07) is 1.76. The molecule has 0 amide bonds. The summed E-state index contributed by atoms with van der Waals surface area (Å²) in [5.74, 6) is 0.814. The molecule has 0 aliphatic rings. The molecule has 2 rings (SSSR count). The van der Waals surface area contributed by atoms with Crippen molar-refractivity contribution >= 4 is 17.1 Å². The van der Waals surface area contributed by atoms with Crippen LogP contribution in [0, 0.1) is 6.92 Å². The second kappa shape index (κ2) is 4.69. The largest absolute Gasteiger partial charge is 0.469 e. The Morgan fingerprint density at radius 2 is 2.17 bits per heavy atom. The van der Waals surface area contributed by atoms with Crippen molar-refractivity contribution in [1.29, 1.82) is 0 Å². The Labute approximate surface area is 111 Å². The van der Waals surface area contributed by atoms with Crippen molar-refractivity contribution in [3.05, 3.63) is 39.7 Å². The molecule has 0 aromatic carbocycles. The molecule has 0 saturated carbocycles. The number of ketones is 1. The van der Waals surface area contributed by atoms with Gasteiger partial charge in [0.25, 0.3) is 0 Å². The third kappa shape index (κ3) is 2.88. The minimum atomic E-state index is 0.0318. The fourth-order valence-corrected chi connectivity index (χ4v) is 2.59. The van der Waals surface area contributed by atoms with E-state index in [1.54, 1.807) is 17.4 Å². The Balaban J connectivity index is 2.10. The molecule has 0 N–H and O–H groups in total. The molecule has 2 aromatic heterocycles. The van der Waals surface area contributed by atoms with Crippen LogP contribution in [0.3, 0.4) is 0 Å². The fourth-order valence-electron chi connectivity index (χ4n) is 1.57. The normalized spacial score (nSPS) is 11.8. The molecule has 0 fully saturated rings. The van der Waals surface area contributed by atoms with E-state index < -0.39 is 0 Å². The van der Waals surface area contributed by atoms with Gasteiger partial charge in [-0.25, -0.2) is 4.98 Å². The first-order valence-corrected chi connectivity index (χ1v) is 6.77. The number of carbonyl (C=O) groups is 1. The predicted molar refractivity (Wildman–Crippen MR) is 72.3 cm³/mol. The predicted octanol–water partition coefficient (Wildman–Crippen LogP) is 3.77. The van der Waals surface area contributed by atoms with Crippen molar-refractivity contribution in [2.45, 2.75) is 39.5 Å². The van der Waals surface area contributed by atoms with Crippen molar-refractivity contribution in [3.8, 4) is 0 Å². The molecule has 4 heteroatoms. The van der Waals surface area contributed by atoms with Gasteiger partial charge in [-0.2, -0.15) is 0 Å². The summed E-state index contributed by atoms with van der Waals surface area (Å²) in [7, 11) is 0. The number of rotatable bonds is 3. The van der Waals surface area contributed by atoms with Crippen LogP contribution in [0.25, 0.3) is 0 Å². The number of carbonyl (C=O) groups excluding carboxylic acids is 1. The second-order valence-electron chi connectivity index (χ2n) is 5.42. The van der Waals surface area contributed by atoms with Gasteiger partial charge < -0.3 is 4.42 Å². The zero-order valence-corrected chi connectivity index (χ0v) is 11.9. The number of thiazole rings is 1. The van der Waals surface area contributed by atoms with E-state index in [1.807, 2.05) is 12.3 Å². The van der Waals surface area contributed by atoms with Crippen LogP contribution in [0.5, 0.6) is 0 Å². The lowest BCUT2D eigenvalue weighted by Crippen LogP contribution is -2.12. The topological polar surface area (TPSA) is 43.1 Å². The molecule has 0 spiro atoms. The summed E-state index contributed by atoms with van der Waals surface area (Å²) in [5, 5.41) is 2.90. The number of hydrogen-bond acceptors (Lipinski definition) is 4. The first kappa shape index (κ1) is 13.0. The van der Waals surface area contributed by atoms with Crippen LogP contribution in [0.2, 0.25) is 0 Å². The molecule has 2 heterocycles. The highest BCUT2D eigenvalue weighted by atomic mass is 32.1. The Kier molecular flexibility index (Phi) is 3.39. The van der Waals surface area contributed by atoms with E-state index in [4.69, 9.17) is 4.42 Å². The maximum absolute atomic E-state index is 12.0. The zero-order chi connectivity index (χ0) is 13.3. The van der Waals surface area contributed by atoms with Gasteiger partial charge in [0.1, 0.15) is 17.0 Å². The van der Waals surface area contributed by atoms with E-state index in [9.17, 15) is 4.79 Å². The van der Waals surface area contributed by atoms with Gasteiger partial charge in [-0.05, 0) is 13.0 Å². The Hall–Kier alpha value is -1.42. The Morgan fingerprint density at radius 1 is 1.44 bits per heavy atom. The second-order valence-corrected chi connectivity index (χ2v) is 6.37. The van der Waals surface area contributed by atoms with Crippen LogP contribution >= 0.6 is 11.3 Å². The van der Waals surface area contributed by atoms with E-state index >= 15 is 0 Å². The minimum absolute atomic E-state index is 0.0318. The van der Waals surface area contributed by atoms with Crippen LogP contribution in [0.15, 0.2) is 22.1 Å². The third-order valence-corrected chi connectivity index (χ3v) is 3.53. The summed E-state index contributed by atoms with van der Waals surface area (Å²) in [6.45, 7) is 8.19. The van der Waals surface area contributed by atoms with Gasteiger partial charge in [0.2, 0.25) is 0 Å². The Morgan fingerprint density at radius 3 is 2.67 bits per heavy atom. The molecule has 0 aliphatic carbocycles.